The number of anilines is 1. The SMILES string of the molecule is CCCNCc1ccccc1N(C)CCc1ccncc1. The highest BCUT2D eigenvalue weighted by molar-refractivity contribution is 5.53. The lowest BCUT2D eigenvalue weighted by Crippen LogP contribution is -2.23. The van der Waals surface area contributed by atoms with Crippen LogP contribution in [0.2, 0.25) is 0 Å². The van der Waals surface area contributed by atoms with Crippen molar-refractivity contribution >= 4 is 5.69 Å². The summed E-state index contributed by atoms with van der Waals surface area (Å²) >= 11 is 0. The molecule has 21 heavy (non-hydrogen) atoms. The van der Waals surface area contributed by atoms with Crippen LogP contribution in [0, 0.1) is 0 Å². The molecule has 0 atom stereocenters. The molecule has 0 saturated heterocycles. The van der Waals surface area contributed by atoms with Crippen molar-refractivity contribution in [2.24, 2.45) is 0 Å². The van der Waals surface area contributed by atoms with E-state index in [9.17, 15) is 0 Å². The van der Waals surface area contributed by atoms with E-state index in [2.05, 4.69) is 65.6 Å². The Balaban J connectivity index is 1.96. The van der Waals surface area contributed by atoms with Crippen LogP contribution in [-0.2, 0) is 13.0 Å². The molecule has 1 heterocycles. The summed E-state index contributed by atoms with van der Waals surface area (Å²) in [5, 5.41) is 3.49. The average molecular weight is 283 g/mol. The first-order valence-electron chi connectivity index (χ1n) is 7.70. The summed E-state index contributed by atoms with van der Waals surface area (Å²) in [6.07, 6.45) is 5.92. The van der Waals surface area contributed by atoms with Gasteiger partial charge in [-0.15, -0.1) is 0 Å². The number of benzene rings is 1. The molecule has 1 N–H and O–H groups in total. The van der Waals surface area contributed by atoms with E-state index < -0.39 is 0 Å². The maximum atomic E-state index is 4.06. The largest absolute Gasteiger partial charge is 0.374 e. The van der Waals surface area contributed by atoms with Crippen molar-refractivity contribution < 1.29 is 0 Å². The lowest BCUT2D eigenvalue weighted by Gasteiger charge is -2.22. The second kappa shape index (κ2) is 8.42. The molecule has 112 valence electrons. The molecule has 2 aromatic rings. The van der Waals surface area contributed by atoms with Gasteiger partial charge in [0, 0.05) is 38.2 Å². The molecule has 2 rings (SSSR count). The van der Waals surface area contributed by atoms with Gasteiger partial charge >= 0.3 is 0 Å². The summed E-state index contributed by atoms with van der Waals surface area (Å²) in [5.41, 5.74) is 4.01. The van der Waals surface area contributed by atoms with Crippen molar-refractivity contribution in [3.63, 3.8) is 0 Å². The number of para-hydroxylation sites is 1. The first-order valence-corrected chi connectivity index (χ1v) is 7.70. The lowest BCUT2D eigenvalue weighted by atomic mass is 10.1. The van der Waals surface area contributed by atoms with Gasteiger partial charge in [-0.3, -0.25) is 4.98 Å². The molecule has 0 amide bonds. The molecule has 0 spiro atoms. The summed E-state index contributed by atoms with van der Waals surface area (Å²) in [5.74, 6) is 0. The number of rotatable bonds is 8. The standard InChI is InChI=1S/C18H25N3/c1-3-11-20-15-17-6-4-5-7-18(17)21(2)14-10-16-8-12-19-13-9-16/h4-9,12-13,20H,3,10-11,14-15H2,1-2H3. The van der Waals surface area contributed by atoms with Crippen molar-refractivity contribution in [3.05, 3.63) is 59.9 Å². The molecule has 3 heteroatoms. The summed E-state index contributed by atoms with van der Waals surface area (Å²) in [4.78, 5) is 6.40. The minimum Gasteiger partial charge on any atom is -0.374 e. The first kappa shape index (κ1) is 15.5. The minimum absolute atomic E-state index is 0.934. The summed E-state index contributed by atoms with van der Waals surface area (Å²) < 4.78 is 0. The van der Waals surface area contributed by atoms with Crippen LogP contribution in [0.15, 0.2) is 48.8 Å². The van der Waals surface area contributed by atoms with E-state index in [1.807, 2.05) is 12.4 Å². The van der Waals surface area contributed by atoms with Crippen LogP contribution in [0.4, 0.5) is 5.69 Å². The van der Waals surface area contributed by atoms with E-state index in [-0.39, 0.29) is 0 Å². The van der Waals surface area contributed by atoms with E-state index in [1.54, 1.807) is 0 Å². The van der Waals surface area contributed by atoms with Crippen molar-refractivity contribution in [2.75, 3.05) is 25.0 Å². The number of nitrogens with one attached hydrogen (secondary N) is 1. The summed E-state index contributed by atoms with van der Waals surface area (Å²) in [6, 6.07) is 12.8. The van der Waals surface area contributed by atoms with Gasteiger partial charge in [0.2, 0.25) is 0 Å². The van der Waals surface area contributed by atoms with Crippen LogP contribution in [0.25, 0.3) is 0 Å². The summed E-state index contributed by atoms with van der Waals surface area (Å²) in [6.45, 7) is 5.20. The average Bonchev–Trinajstić information content (AvgIpc) is 2.54. The number of hydrogen-bond acceptors (Lipinski definition) is 3. The van der Waals surface area contributed by atoms with Crippen LogP contribution in [-0.4, -0.2) is 25.1 Å². The van der Waals surface area contributed by atoms with E-state index in [0.29, 0.717) is 0 Å². The van der Waals surface area contributed by atoms with E-state index in [0.717, 1.165) is 26.1 Å². The topological polar surface area (TPSA) is 28.2 Å². The number of aromatic nitrogens is 1. The Labute approximate surface area is 128 Å². The van der Waals surface area contributed by atoms with Gasteiger partial charge in [0.1, 0.15) is 0 Å². The third kappa shape index (κ3) is 4.87. The molecule has 0 aliphatic rings. The number of hydrogen-bond donors (Lipinski definition) is 1. The Morgan fingerprint density at radius 3 is 2.62 bits per heavy atom. The molecule has 1 aromatic heterocycles. The van der Waals surface area contributed by atoms with Gasteiger partial charge in [0.05, 0.1) is 0 Å². The molecule has 0 saturated carbocycles. The van der Waals surface area contributed by atoms with Gasteiger partial charge < -0.3 is 10.2 Å². The number of likely N-dealkylation sites (N-methyl/N-ethyl adjacent to an activating group) is 1. The highest BCUT2D eigenvalue weighted by Crippen LogP contribution is 2.19. The van der Waals surface area contributed by atoms with Crippen LogP contribution in [0.3, 0.4) is 0 Å². The zero-order chi connectivity index (χ0) is 14.9. The zero-order valence-corrected chi connectivity index (χ0v) is 13.0. The van der Waals surface area contributed by atoms with Crippen molar-refractivity contribution in [1.29, 1.82) is 0 Å². The van der Waals surface area contributed by atoms with Crippen LogP contribution in [0.1, 0.15) is 24.5 Å². The Morgan fingerprint density at radius 2 is 1.86 bits per heavy atom. The second-order valence-corrected chi connectivity index (χ2v) is 5.33. The van der Waals surface area contributed by atoms with Crippen LogP contribution >= 0.6 is 0 Å². The fourth-order valence-corrected chi connectivity index (χ4v) is 2.40. The van der Waals surface area contributed by atoms with E-state index >= 15 is 0 Å². The van der Waals surface area contributed by atoms with Gasteiger partial charge in [-0.25, -0.2) is 0 Å². The van der Waals surface area contributed by atoms with Crippen molar-refractivity contribution in [3.8, 4) is 0 Å². The first-order chi connectivity index (χ1) is 10.3. The second-order valence-electron chi connectivity index (χ2n) is 5.33. The molecule has 3 nitrogen and oxygen atoms in total. The third-order valence-electron chi connectivity index (χ3n) is 3.63. The van der Waals surface area contributed by atoms with Gasteiger partial charge in [-0.05, 0) is 48.7 Å². The number of pyridine rings is 1. The Bertz CT molecular complexity index is 525. The predicted molar refractivity (Wildman–Crippen MR) is 89.7 cm³/mol. The molecule has 0 radical (unpaired) electrons. The maximum absolute atomic E-state index is 4.06. The predicted octanol–water partition coefficient (Wildman–Crippen LogP) is 3.26. The molecule has 0 aliphatic heterocycles. The Hall–Kier alpha value is -1.87. The van der Waals surface area contributed by atoms with Crippen molar-refractivity contribution in [1.82, 2.24) is 10.3 Å². The van der Waals surface area contributed by atoms with Crippen LogP contribution in [0.5, 0.6) is 0 Å². The van der Waals surface area contributed by atoms with Gasteiger partial charge in [0.15, 0.2) is 0 Å². The normalized spacial score (nSPS) is 10.6. The van der Waals surface area contributed by atoms with Gasteiger partial charge in [0.25, 0.3) is 0 Å². The number of nitrogens with zero attached hydrogens (tertiary/aromatic N) is 2. The quantitative estimate of drug-likeness (QED) is 0.754. The highest BCUT2D eigenvalue weighted by Gasteiger charge is 2.06. The van der Waals surface area contributed by atoms with Crippen molar-refractivity contribution in [2.45, 2.75) is 26.3 Å². The van der Waals surface area contributed by atoms with E-state index in [4.69, 9.17) is 0 Å². The Kier molecular flexibility index (Phi) is 6.22. The van der Waals surface area contributed by atoms with E-state index in [1.165, 1.54) is 23.2 Å². The monoisotopic (exact) mass is 283 g/mol. The molecule has 0 bridgehead atoms. The van der Waals surface area contributed by atoms with Crippen LogP contribution < -0.4 is 10.2 Å². The molecule has 0 fully saturated rings. The highest BCUT2D eigenvalue weighted by atomic mass is 15.1. The van der Waals surface area contributed by atoms with Gasteiger partial charge in [-0.2, -0.15) is 0 Å². The molecular formula is C18H25N3. The fourth-order valence-electron chi connectivity index (χ4n) is 2.40. The molecular weight excluding hydrogens is 258 g/mol. The third-order valence-corrected chi connectivity index (χ3v) is 3.63. The smallest absolute Gasteiger partial charge is 0.0409 e. The summed E-state index contributed by atoms with van der Waals surface area (Å²) in [7, 11) is 2.17. The zero-order valence-electron chi connectivity index (χ0n) is 13.0. The Morgan fingerprint density at radius 1 is 1.10 bits per heavy atom. The van der Waals surface area contributed by atoms with Gasteiger partial charge in [-0.1, -0.05) is 25.1 Å². The fraction of sp³-hybridized carbons (Fsp3) is 0.389. The minimum atomic E-state index is 0.934. The molecule has 1 aromatic carbocycles. The lowest BCUT2D eigenvalue weighted by molar-refractivity contribution is 0.673. The molecule has 0 unspecified atom stereocenters. The maximum Gasteiger partial charge on any atom is 0.0409 e. The molecule has 0 aliphatic carbocycles.